The van der Waals surface area contributed by atoms with Gasteiger partial charge in [-0.1, -0.05) is 32.8 Å². The lowest BCUT2D eigenvalue weighted by Gasteiger charge is -2.29. The van der Waals surface area contributed by atoms with E-state index in [1.54, 1.807) is 0 Å². The number of benzene rings is 1. The average Bonchev–Trinajstić information content (AvgIpc) is 2.62. The summed E-state index contributed by atoms with van der Waals surface area (Å²) < 4.78 is 57.9. The zero-order chi connectivity index (χ0) is 18.9. The zero-order valence-electron chi connectivity index (χ0n) is 15.6. The van der Waals surface area contributed by atoms with Crippen molar-refractivity contribution in [3.8, 4) is 5.75 Å². The summed E-state index contributed by atoms with van der Waals surface area (Å²) in [4.78, 5) is 0. The van der Waals surface area contributed by atoms with Gasteiger partial charge < -0.3 is 14.2 Å². The molecule has 0 spiro atoms. The summed E-state index contributed by atoms with van der Waals surface area (Å²) in [5.41, 5.74) is -0.552. The van der Waals surface area contributed by atoms with Gasteiger partial charge in [0.15, 0.2) is 0 Å². The highest BCUT2D eigenvalue weighted by molar-refractivity contribution is 5.39. The molecule has 1 aliphatic heterocycles. The van der Waals surface area contributed by atoms with Crippen molar-refractivity contribution >= 4 is 0 Å². The van der Waals surface area contributed by atoms with Gasteiger partial charge in [-0.05, 0) is 31.7 Å². The first-order valence-corrected chi connectivity index (χ1v) is 9.52. The normalized spacial score (nSPS) is 20.5. The molecule has 6 heteroatoms. The van der Waals surface area contributed by atoms with Crippen LogP contribution >= 0.6 is 0 Å². The zero-order valence-corrected chi connectivity index (χ0v) is 15.6. The Morgan fingerprint density at radius 2 is 2.00 bits per heavy atom. The van der Waals surface area contributed by atoms with Crippen molar-refractivity contribution in [1.82, 2.24) is 0 Å². The van der Waals surface area contributed by atoms with Gasteiger partial charge in [-0.15, -0.1) is 0 Å². The fourth-order valence-electron chi connectivity index (χ4n) is 3.06. The molecule has 1 aromatic carbocycles. The van der Waals surface area contributed by atoms with Crippen molar-refractivity contribution in [1.29, 1.82) is 0 Å². The Morgan fingerprint density at radius 1 is 1.19 bits per heavy atom. The molecule has 0 aromatic heterocycles. The first-order valence-electron chi connectivity index (χ1n) is 9.52. The highest BCUT2D eigenvalue weighted by Gasteiger charge is 2.25. The smallest absolute Gasteiger partial charge is 0.270 e. The van der Waals surface area contributed by atoms with Crippen LogP contribution in [0.25, 0.3) is 0 Å². The van der Waals surface area contributed by atoms with Crippen LogP contribution < -0.4 is 4.74 Å². The van der Waals surface area contributed by atoms with Gasteiger partial charge in [0, 0.05) is 5.56 Å². The molecule has 1 aromatic rings. The maximum Gasteiger partial charge on any atom is 0.270 e. The molecule has 0 aliphatic carbocycles. The van der Waals surface area contributed by atoms with Gasteiger partial charge in [0.2, 0.25) is 0 Å². The van der Waals surface area contributed by atoms with Crippen LogP contribution in [0.5, 0.6) is 5.75 Å². The summed E-state index contributed by atoms with van der Waals surface area (Å²) in [6, 6.07) is 2.87. The summed E-state index contributed by atoms with van der Waals surface area (Å²) in [7, 11) is 0. The van der Waals surface area contributed by atoms with E-state index in [1.165, 1.54) is 12.1 Å². The molecule has 0 bridgehead atoms. The van der Waals surface area contributed by atoms with Gasteiger partial charge in [0.25, 0.3) is 6.43 Å². The third-order valence-electron chi connectivity index (χ3n) is 4.61. The van der Waals surface area contributed by atoms with Gasteiger partial charge >= 0.3 is 0 Å². The van der Waals surface area contributed by atoms with E-state index in [4.69, 9.17) is 14.2 Å². The Morgan fingerprint density at radius 3 is 2.62 bits per heavy atom. The predicted molar refractivity (Wildman–Crippen MR) is 94.2 cm³/mol. The Hall–Kier alpha value is -1.27. The fourth-order valence-corrected chi connectivity index (χ4v) is 3.06. The van der Waals surface area contributed by atoms with E-state index in [9.17, 15) is 13.2 Å². The summed E-state index contributed by atoms with van der Waals surface area (Å²) >= 11 is 0. The quantitative estimate of drug-likeness (QED) is 0.484. The Kier molecular flexibility index (Phi) is 8.72. The topological polar surface area (TPSA) is 27.7 Å². The Labute approximate surface area is 153 Å². The highest BCUT2D eigenvalue weighted by Crippen LogP contribution is 2.34. The average molecular weight is 374 g/mol. The van der Waals surface area contributed by atoms with E-state index >= 15 is 0 Å². The second kappa shape index (κ2) is 10.8. The van der Waals surface area contributed by atoms with Crippen molar-refractivity contribution < 1.29 is 27.4 Å². The largest absolute Gasteiger partial charge is 0.493 e. The summed E-state index contributed by atoms with van der Waals surface area (Å²) in [6.45, 7) is 4.80. The van der Waals surface area contributed by atoms with Crippen LogP contribution in [0.3, 0.4) is 0 Å². The molecule has 1 aliphatic rings. The SMILES string of the molecule is CCCCOc1ccc(COC2CCC(CCC)OC2)c(F)c1C(F)F. The molecule has 3 nitrogen and oxygen atoms in total. The standard InChI is InChI=1S/C20H29F3O3/c1-3-5-11-24-17-10-7-14(19(21)18(17)20(22)23)12-25-16-9-8-15(6-4-2)26-13-16/h7,10,15-16,20H,3-6,8-9,11-13H2,1-2H3. The number of rotatable bonds is 10. The lowest BCUT2D eigenvalue weighted by molar-refractivity contribution is -0.0928. The Bertz CT molecular complexity index is 543. The van der Waals surface area contributed by atoms with Gasteiger partial charge in [-0.3, -0.25) is 0 Å². The van der Waals surface area contributed by atoms with E-state index in [-0.39, 0.29) is 30.1 Å². The number of unbranched alkanes of at least 4 members (excludes halogenated alkanes) is 1. The summed E-state index contributed by atoms with van der Waals surface area (Å²) in [5, 5.41) is 0. The molecular formula is C20H29F3O3. The van der Waals surface area contributed by atoms with E-state index < -0.39 is 17.8 Å². The molecule has 2 atom stereocenters. The second-order valence-corrected chi connectivity index (χ2v) is 6.71. The molecule has 1 heterocycles. The number of alkyl halides is 2. The van der Waals surface area contributed by atoms with Gasteiger partial charge in [-0.2, -0.15) is 0 Å². The van der Waals surface area contributed by atoms with Crippen LogP contribution in [-0.4, -0.2) is 25.4 Å². The third-order valence-corrected chi connectivity index (χ3v) is 4.61. The van der Waals surface area contributed by atoms with Crippen molar-refractivity contribution in [2.45, 2.75) is 77.6 Å². The van der Waals surface area contributed by atoms with Crippen molar-refractivity contribution in [2.24, 2.45) is 0 Å². The molecule has 0 amide bonds. The van der Waals surface area contributed by atoms with Crippen LogP contribution in [0, 0.1) is 5.82 Å². The minimum Gasteiger partial charge on any atom is -0.493 e. The van der Waals surface area contributed by atoms with E-state index in [0.29, 0.717) is 13.2 Å². The minimum atomic E-state index is -2.93. The van der Waals surface area contributed by atoms with Crippen molar-refractivity contribution in [3.05, 3.63) is 29.1 Å². The highest BCUT2D eigenvalue weighted by atomic mass is 19.3. The number of halogens is 3. The molecule has 0 radical (unpaired) electrons. The Balaban J connectivity index is 1.96. The third kappa shape index (κ3) is 5.88. The molecule has 0 N–H and O–H groups in total. The van der Waals surface area contributed by atoms with Crippen LogP contribution in [0.1, 0.15) is 69.9 Å². The van der Waals surface area contributed by atoms with Crippen LogP contribution in [0.2, 0.25) is 0 Å². The molecule has 1 saturated heterocycles. The van der Waals surface area contributed by atoms with E-state index in [0.717, 1.165) is 38.5 Å². The van der Waals surface area contributed by atoms with E-state index in [2.05, 4.69) is 6.92 Å². The number of hydrogen-bond donors (Lipinski definition) is 0. The molecule has 26 heavy (non-hydrogen) atoms. The van der Waals surface area contributed by atoms with Crippen LogP contribution in [0.4, 0.5) is 13.2 Å². The molecule has 0 saturated carbocycles. The van der Waals surface area contributed by atoms with Gasteiger partial charge in [0.05, 0.1) is 37.6 Å². The molecule has 148 valence electrons. The van der Waals surface area contributed by atoms with E-state index in [1.807, 2.05) is 6.92 Å². The fraction of sp³-hybridized carbons (Fsp3) is 0.700. The maximum absolute atomic E-state index is 14.5. The molecule has 2 rings (SSSR count). The summed E-state index contributed by atoms with van der Waals surface area (Å²) in [6.07, 6.45) is 2.67. The maximum atomic E-state index is 14.5. The van der Waals surface area contributed by atoms with Crippen molar-refractivity contribution in [2.75, 3.05) is 13.2 Å². The molecule has 2 unspecified atom stereocenters. The van der Waals surface area contributed by atoms with Gasteiger partial charge in [0.1, 0.15) is 11.6 Å². The number of ether oxygens (including phenoxy) is 3. The van der Waals surface area contributed by atoms with Crippen molar-refractivity contribution in [3.63, 3.8) is 0 Å². The second-order valence-electron chi connectivity index (χ2n) is 6.71. The van der Waals surface area contributed by atoms with Gasteiger partial charge in [-0.25, -0.2) is 13.2 Å². The summed E-state index contributed by atoms with van der Waals surface area (Å²) in [5.74, 6) is -1.02. The monoisotopic (exact) mass is 374 g/mol. The van der Waals surface area contributed by atoms with Crippen LogP contribution in [-0.2, 0) is 16.1 Å². The number of hydrogen-bond acceptors (Lipinski definition) is 3. The first kappa shape index (κ1) is 21.0. The molecular weight excluding hydrogens is 345 g/mol. The first-order chi connectivity index (χ1) is 12.6. The molecule has 1 fully saturated rings. The lowest BCUT2D eigenvalue weighted by Crippen LogP contribution is -2.31. The predicted octanol–water partition coefficient (Wildman–Crippen LogP) is 5.81. The van der Waals surface area contributed by atoms with Crippen LogP contribution in [0.15, 0.2) is 12.1 Å². The lowest BCUT2D eigenvalue weighted by atomic mass is 10.0. The minimum absolute atomic E-state index is 0.0483.